The maximum atomic E-state index is 13.8. The number of nitrogens with one attached hydrogen (secondary N) is 6. The van der Waals surface area contributed by atoms with Crippen LogP contribution in [0.5, 0.6) is 0 Å². The van der Waals surface area contributed by atoms with Gasteiger partial charge in [0, 0.05) is 36.4 Å². The van der Waals surface area contributed by atoms with Gasteiger partial charge in [-0.2, -0.15) is 26.3 Å². The first kappa shape index (κ1) is 52.2. The fourth-order valence-corrected chi connectivity index (χ4v) is 8.99. The highest BCUT2D eigenvalue weighted by Gasteiger charge is 2.49. The van der Waals surface area contributed by atoms with E-state index in [1.165, 1.54) is 41.5 Å². The molecule has 0 radical (unpaired) electrons. The van der Waals surface area contributed by atoms with Gasteiger partial charge in [-0.05, 0) is 112 Å². The number of hydrogen-bond donors (Lipinski definition) is 8. The Balaban J connectivity index is 1.93. The van der Waals surface area contributed by atoms with Crippen molar-refractivity contribution in [2.24, 2.45) is 17.8 Å². The van der Waals surface area contributed by atoms with E-state index in [9.17, 15) is 41.1 Å². The lowest BCUT2D eigenvalue weighted by atomic mass is 10.0. The third-order valence-electron chi connectivity index (χ3n) is 9.45. The normalized spacial score (nSPS) is 19.3. The number of aliphatic hydroxyl groups is 2. The predicted octanol–water partition coefficient (Wildman–Crippen LogP) is 1.70. The van der Waals surface area contributed by atoms with Crippen LogP contribution in [0.3, 0.4) is 0 Å². The molecule has 3 atom stereocenters. The van der Waals surface area contributed by atoms with Crippen molar-refractivity contribution in [3.8, 4) is 0 Å². The van der Waals surface area contributed by atoms with Crippen molar-refractivity contribution in [1.29, 1.82) is 0 Å². The first-order chi connectivity index (χ1) is 27.2. The molecule has 0 aliphatic heterocycles. The minimum atomic E-state index is -4.44. The summed E-state index contributed by atoms with van der Waals surface area (Å²) < 4.78 is 84.2. The minimum Gasteiger partial charge on any atom is -0.449 e. The molecule has 2 aliphatic carbocycles. The zero-order valence-corrected chi connectivity index (χ0v) is 37.7. The molecule has 2 rings (SSSR count). The summed E-state index contributed by atoms with van der Waals surface area (Å²) in [6, 6.07) is 0. The fourth-order valence-electron chi connectivity index (χ4n) is 6.13. The number of fused-ring (bicyclic) bond motifs is 1. The summed E-state index contributed by atoms with van der Waals surface area (Å²) in [6.45, 7) is 10.3. The SMILES string of the molecule is CC(C)(CCOC(C)(C)C(=O)N(CCOC(=O)NS(=O)(=O)NC(C)(C)CO)CCOC(=O)NS(=O)(=O)NC(C)(C)CCO)NSNC(=O)OC[C@@H]1[C@@H]2CC/C=C\CC[C@@H]21. The Morgan fingerprint density at radius 2 is 1.22 bits per heavy atom. The summed E-state index contributed by atoms with van der Waals surface area (Å²) in [5.41, 5.74) is -4.48. The van der Waals surface area contributed by atoms with Gasteiger partial charge >= 0.3 is 38.7 Å². The van der Waals surface area contributed by atoms with Gasteiger partial charge in [-0.25, -0.2) is 28.5 Å². The topological polar surface area (TPSA) is 289 Å². The number of nitrogens with zero attached hydrogens (tertiary/aromatic N) is 1. The Kier molecular flexibility index (Phi) is 20.1. The van der Waals surface area contributed by atoms with Crippen molar-refractivity contribution in [2.45, 2.75) is 116 Å². The molecule has 0 bridgehead atoms. The van der Waals surface area contributed by atoms with Crippen molar-refractivity contribution < 1.29 is 65.2 Å². The molecule has 0 unspecified atom stereocenters. The molecule has 0 heterocycles. The maximum absolute atomic E-state index is 13.8. The third kappa shape index (κ3) is 20.4. The quantitative estimate of drug-likeness (QED) is 0.0368. The van der Waals surface area contributed by atoms with Crippen molar-refractivity contribution >= 4 is 56.7 Å². The molecular formula is C35H65N7O14S3. The lowest BCUT2D eigenvalue weighted by Crippen LogP contribution is -2.52. The van der Waals surface area contributed by atoms with Crippen LogP contribution < -0.4 is 28.3 Å². The lowest BCUT2D eigenvalue weighted by molar-refractivity contribution is -0.155. The Bertz CT molecular complexity index is 1640. The van der Waals surface area contributed by atoms with Crippen LogP contribution in [0.25, 0.3) is 0 Å². The monoisotopic (exact) mass is 903 g/mol. The van der Waals surface area contributed by atoms with Gasteiger partial charge < -0.3 is 34.1 Å². The van der Waals surface area contributed by atoms with Crippen molar-refractivity contribution in [1.82, 2.24) is 33.2 Å². The van der Waals surface area contributed by atoms with E-state index in [0.29, 0.717) is 30.8 Å². The van der Waals surface area contributed by atoms with Crippen LogP contribution in [0, 0.1) is 17.8 Å². The van der Waals surface area contributed by atoms with Crippen molar-refractivity contribution in [3.63, 3.8) is 0 Å². The molecule has 8 N–H and O–H groups in total. The molecule has 24 heteroatoms. The molecule has 342 valence electrons. The average Bonchev–Trinajstić information content (AvgIpc) is 3.72. The predicted molar refractivity (Wildman–Crippen MR) is 219 cm³/mol. The largest absolute Gasteiger partial charge is 0.449 e. The molecule has 0 spiro atoms. The second kappa shape index (κ2) is 22.8. The summed E-state index contributed by atoms with van der Waals surface area (Å²) in [4.78, 5) is 51.9. The number of carbonyl (C=O) groups is 4. The molecule has 0 aromatic carbocycles. The summed E-state index contributed by atoms with van der Waals surface area (Å²) in [6.07, 6.45) is 5.90. The molecule has 59 heavy (non-hydrogen) atoms. The molecule has 21 nitrogen and oxygen atoms in total. The van der Waals surface area contributed by atoms with Crippen molar-refractivity contribution in [2.75, 3.05) is 52.7 Å². The number of aliphatic hydroxyl groups excluding tert-OH is 2. The number of allylic oxidation sites excluding steroid dienone is 2. The average molecular weight is 904 g/mol. The highest BCUT2D eigenvalue weighted by atomic mass is 32.2. The van der Waals surface area contributed by atoms with Gasteiger partial charge in [-0.3, -0.25) is 9.52 Å². The van der Waals surface area contributed by atoms with Crippen LogP contribution in [0.1, 0.15) is 93.9 Å². The molecule has 1 fully saturated rings. The van der Waals surface area contributed by atoms with Crippen LogP contribution >= 0.6 is 12.1 Å². The van der Waals surface area contributed by atoms with Crippen LogP contribution in [0.15, 0.2) is 12.2 Å². The van der Waals surface area contributed by atoms with E-state index in [1.54, 1.807) is 9.44 Å². The van der Waals surface area contributed by atoms with Gasteiger partial charge in [0.25, 0.3) is 5.91 Å². The number of hydrogen-bond acceptors (Lipinski definition) is 16. The van der Waals surface area contributed by atoms with Gasteiger partial charge in [0.2, 0.25) is 0 Å². The van der Waals surface area contributed by atoms with Crippen molar-refractivity contribution in [3.05, 3.63) is 12.2 Å². The summed E-state index contributed by atoms with van der Waals surface area (Å²) in [5.74, 6) is 0.955. The Morgan fingerprint density at radius 1 is 0.712 bits per heavy atom. The van der Waals surface area contributed by atoms with Gasteiger partial charge in [0.15, 0.2) is 0 Å². The zero-order valence-electron chi connectivity index (χ0n) is 35.3. The standard InChI is InChI=1S/C35H65N7O14S3/c1-32(2,39-57-36-29(46)55-23-27-25-13-11-9-10-12-14-26(25)27)16-20-56-35(7,8)28(45)42(18-22-54-31(48)38-59(51,52)41-34(5,6)24-44)17-21-53-30(47)37-58(49,50)40-33(3,4)15-19-43/h9-10,25-27,39-41,43-44H,11-24H2,1-8H3,(H,36,46)(H,37,47)(H,38,48)/b10-9-/t25-,26+,27-. The van der Waals surface area contributed by atoms with Crippen LogP contribution in [-0.2, 0) is 44.2 Å². The number of rotatable bonds is 25. The van der Waals surface area contributed by atoms with E-state index in [4.69, 9.17) is 24.1 Å². The minimum absolute atomic E-state index is 0.0567. The maximum Gasteiger partial charge on any atom is 0.421 e. The second-order valence-electron chi connectivity index (χ2n) is 16.9. The smallest absolute Gasteiger partial charge is 0.421 e. The Hall–Kier alpha value is -2.97. The second-order valence-corrected chi connectivity index (χ2v) is 20.3. The molecule has 0 saturated heterocycles. The zero-order chi connectivity index (χ0) is 44.7. The highest BCUT2D eigenvalue weighted by Crippen LogP contribution is 2.52. The van der Waals surface area contributed by atoms with E-state index in [-0.39, 0.29) is 32.7 Å². The molecule has 4 amide bonds. The van der Waals surface area contributed by atoms with E-state index < -0.39 is 86.6 Å². The summed E-state index contributed by atoms with van der Waals surface area (Å²) in [7, 11) is -8.84. The number of ether oxygens (including phenoxy) is 4. The van der Waals surface area contributed by atoms with Gasteiger partial charge in [-0.1, -0.05) is 12.2 Å². The molecule has 0 aromatic rings. The van der Waals surface area contributed by atoms with E-state index in [2.05, 4.69) is 31.0 Å². The molecular weight excluding hydrogens is 839 g/mol. The molecule has 0 aromatic heterocycles. The van der Waals surface area contributed by atoms with Gasteiger partial charge in [0.1, 0.15) is 18.8 Å². The summed E-state index contributed by atoms with van der Waals surface area (Å²) in [5, 5.41) is 18.5. The lowest BCUT2D eigenvalue weighted by Gasteiger charge is -2.33. The molecule has 2 aliphatic rings. The van der Waals surface area contributed by atoms with E-state index >= 15 is 0 Å². The van der Waals surface area contributed by atoms with Crippen LogP contribution in [0.2, 0.25) is 0 Å². The number of amides is 4. The Morgan fingerprint density at radius 3 is 1.71 bits per heavy atom. The first-order valence-corrected chi connectivity index (χ1v) is 23.1. The van der Waals surface area contributed by atoms with Gasteiger partial charge in [-0.15, -0.1) is 0 Å². The summed E-state index contributed by atoms with van der Waals surface area (Å²) >= 11 is 0.966. The van der Waals surface area contributed by atoms with E-state index in [0.717, 1.165) is 42.7 Å². The van der Waals surface area contributed by atoms with Crippen LogP contribution in [0.4, 0.5) is 14.4 Å². The van der Waals surface area contributed by atoms with Crippen LogP contribution in [-0.4, -0.2) is 131 Å². The third-order valence-corrected chi connectivity index (χ3v) is 12.9. The highest BCUT2D eigenvalue weighted by molar-refractivity contribution is 7.96. The Labute approximate surface area is 352 Å². The first-order valence-electron chi connectivity index (χ1n) is 19.4. The number of carbonyl (C=O) groups excluding carboxylic acids is 4. The van der Waals surface area contributed by atoms with Gasteiger partial charge in [0.05, 0.1) is 31.8 Å². The van der Waals surface area contributed by atoms with E-state index in [1.807, 2.05) is 13.8 Å². The fraction of sp³-hybridized carbons (Fsp3) is 0.829. The molecule has 1 saturated carbocycles.